The normalized spacial score (nSPS) is 24.2. The molecule has 0 amide bonds. The Kier molecular flexibility index (Phi) is 5.75. The molecule has 0 aromatic heterocycles. The highest BCUT2D eigenvalue weighted by atomic mass is 31.2. The van der Waals surface area contributed by atoms with Gasteiger partial charge in [-0.3, -0.25) is 0 Å². The van der Waals surface area contributed by atoms with Gasteiger partial charge in [0.25, 0.3) is 0 Å². The van der Waals surface area contributed by atoms with Crippen LogP contribution in [0.3, 0.4) is 0 Å². The van der Waals surface area contributed by atoms with E-state index in [9.17, 15) is 4.89 Å². The predicted molar refractivity (Wildman–Crippen MR) is 105 cm³/mol. The number of hydrogen-bond donors (Lipinski definition) is 0. The Morgan fingerprint density at radius 3 is 2.12 bits per heavy atom. The molecule has 2 aromatic rings. The molecule has 5 heteroatoms. The van der Waals surface area contributed by atoms with E-state index in [1.807, 2.05) is 36.4 Å². The predicted octanol–water partition coefficient (Wildman–Crippen LogP) is 3.78. The van der Waals surface area contributed by atoms with Crippen LogP contribution < -0.4 is 9.56 Å². The van der Waals surface area contributed by atoms with E-state index in [4.69, 9.17) is 0 Å². The van der Waals surface area contributed by atoms with E-state index in [-0.39, 0.29) is 6.04 Å². The van der Waals surface area contributed by atoms with Gasteiger partial charge in [-0.2, -0.15) is 0 Å². The first-order valence-corrected chi connectivity index (χ1v) is 10.7. The molecule has 1 saturated heterocycles. The highest BCUT2D eigenvalue weighted by Crippen LogP contribution is 2.66. The van der Waals surface area contributed by atoms with Gasteiger partial charge >= 0.3 is 0 Å². The first-order chi connectivity index (χ1) is 12.1. The van der Waals surface area contributed by atoms with Crippen molar-refractivity contribution in [2.24, 2.45) is 0 Å². The van der Waals surface area contributed by atoms with Gasteiger partial charge in [0.05, 0.1) is 24.8 Å². The van der Waals surface area contributed by atoms with Crippen LogP contribution in [0.15, 0.2) is 60.7 Å². The number of para-hydroxylation sites is 1. The molecule has 1 aliphatic heterocycles. The monoisotopic (exact) mass is 357 g/mol. The molecule has 1 aliphatic rings. The minimum atomic E-state index is -2.84. The van der Waals surface area contributed by atoms with Crippen molar-refractivity contribution >= 4 is 13.6 Å². The summed E-state index contributed by atoms with van der Waals surface area (Å²) in [6.07, 6.45) is 0. The number of hydrogen-bond acceptors (Lipinski definition) is 4. The number of anilines is 1. The maximum atomic E-state index is 14.4. The minimum absolute atomic E-state index is 0.229. The summed E-state index contributed by atoms with van der Waals surface area (Å²) in [5.74, 6) is 0. The van der Waals surface area contributed by atoms with E-state index in [1.165, 1.54) is 5.56 Å². The zero-order valence-corrected chi connectivity index (χ0v) is 16.3. The van der Waals surface area contributed by atoms with Gasteiger partial charge in [0.1, 0.15) is 0 Å². The van der Waals surface area contributed by atoms with Crippen LogP contribution in [-0.2, 0) is 6.54 Å². The van der Waals surface area contributed by atoms with Crippen LogP contribution in [0.25, 0.3) is 0 Å². The van der Waals surface area contributed by atoms with E-state index in [1.54, 1.807) is 0 Å². The molecule has 3 rings (SSSR count). The Balaban J connectivity index is 2.00. The molecule has 0 bridgehead atoms. The molecule has 0 saturated carbocycles. The third kappa shape index (κ3) is 3.45. The van der Waals surface area contributed by atoms with E-state index in [0.717, 1.165) is 25.3 Å². The SMILES string of the molecule is CCN(CC)[P+]1([O-])N(c2ccccc2)C[C@@H](C)N1Cc1ccccc1. The third-order valence-corrected chi connectivity index (χ3v) is 8.47. The standard InChI is InChI=1S/C20H28N3OP/c1-4-21(5-2)25(24)22(17-19-12-8-6-9-13-19)18(3)16-23(25)20-14-10-7-11-15-20/h6-15,18H,4-5,16-17H2,1-3H3/t18-,25?/m1/s1. The molecular weight excluding hydrogens is 329 g/mol. The second-order valence-corrected chi connectivity index (χ2v) is 9.09. The molecule has 0 radical (unpaired) electrons. The van der Waals surface area contributed by atoms with Crippen molar-refractivity contribution in [1.29, 1.82) is 0 Å². The van der Waals surface area contributed by atoms with E-state index >= 15 is 0 Å². The molecule has 134 valence electrons. The van der Waals surface area contributed by atoms with Crippen LogP contribution in [0.2, 0.25) is 0 Å². The lowest BCUT2D eigenvalue weighted by Crippen LogP contribution is -2.45. The molecule has 1 unspecified atom stereocenters. The smallest absolute Gasteiger partial charge is 0.210 e. The fourth-order valence-electron chi connectivity index (χ4n) is 3.63. The third-order valence-electron chi connectivity index (χ3n) is 4.94. The lowest BCUT2D eigenvalue weighted by atomic mass is 10.2. The topological polar surface area (TPSA) is 32.8 Å². The average molecular weight is 357 g/mol. The Hall–Kier alpha value is -1.45. The number of benzene rings is 2. The summed E-state index contributed by atoms with van der Waals surface area (Å²) < 4.78 is 6.47. The lowest BCUT2D eigenvalue weighted by molar-refractivity contribution is -0.194. The van der Waals surface area contributed by atoms with Crippen molar-refractivity contribution in [3.05, 3.63) is 66.2 Å². The summed E-state index contributed by atoms with van der Waals surface area (Å²) in [4.78, 5) is 14.4. The maximum Gasteiger partial charge on any atom is 0.210 e. The number of nitrogens with zero attached hydrogens (tertiary/aromatic N) is 3. The zero-order valence-electron chi connectivity index (χ0n) is 15.4. The Morgan fingerprint density at radius 1 is 1.00 bits per heavy atom. The van der Waals surface area contributed by atoms with Gasteiger partial charge in [0.15, 0.2) is 0 Å². The summed E-state index contributed by atoms with van der Waals surface area (Å²) in [6, 6.07) is 20.8. The number of rotatable bonds is 6. The summed E-state index contributed by atoms with van der Waals surface area (Å²) in [5.41, 5.74) is 2.25. The van der Waals surface area contributed by atoms with Crippen molar-refractivity contribution in [3.63, 3.8) is 0 Å². The summed E-state index contributed by atoms with van der Waals surface area (Å²) in [7, 11) is -2.84. The first kappa shape index (κ1) is 18.3. The van der Waals surface area contributed by atoms with Crippen molar-refractivity contribution in [3.8, 4) is 0 Å². The quantitative estimate of drug-likeness (QED) is 0.737. The average Bonchev–Trinajstić information content (AvgIpc) is 2.90. The van der Waals surface area contributed by atoms with Crippen LogP contribution >= 0.6 is 7.94 Å². The fraction of sp³-hybridized carbons (Fsp3) is 0.400. The highest BCUT2D eigenvalue weighted by Gasteiger charge is 2.55. The van der Waals surface area contributed by atoms with E-state index < -0.39 is 7.94 Å². The van der Waals surface area contributed by atoms with Crippen LogP contribution in [0.4, 0.5) is 5.69 Å². The molecule has 25 heavy (non-hydrogen) atoms. The Labute approximate surface area is 152 Å². The van der Waals surface area contributed by atoms with Crippen LogP contribution in [0.1, 0.15) is 26.3 Å². The van der Waals surface area contributed by atoms with E-state index in [0.29, 0.717) is 6.54 Å². The van der Waals surface area contributed by atoms with Crippen molar-refractivity contribution in [2.45, 2.75) is 33.4 Å². The van der Waals surface area contributed by atoms with Gasteiger partial charge < -0.3 is 4.89 Å². The van der Waals surface area contributed by atoms with Crippen LogP contribution in [0, 0.1) is 0 Å². The molecule has 1 fully saturated rings. The van der Waals surface area contributed by atoms with Crippen LogP contribution in [-0.4, -0.2) is 35.0 Å². The van der Waals surface area contributed by atoms with Gasteiger partial charge in [-0.05, 0) is 38.5 Å². The molecular formula is C20H28N3OP. The van der Waals surface area contributed by atoms with Gasteiger partial charge in [-0.25, -0.2) is 4.67 Å². The Bertz CT molecular complexity index is 665. The highest BCUT2D eigenvalue weighted by molar-refractivity contribution is 7.66. The summed E-state index contributed by atoms with van der Waals surface area (Å²) >= 11 is 0. The fourth-order valence-corrected chi connectivity index (χ4v) is 7.09. The van der Waals surface area contributed by atoms with Gasteiger partial charge in [-0.1, -0.05) is 48.5 Å². The van der Waals surface area contributed by atoms with Crippen molar-refractivity contribution in [2.75, 3.05) is 24.3 Å². The van der Waals surface area contributed by atoms with Crippen molar-refractivity contribution in [1.82, 2.24) is 9.34 Å². The molecule has 0 spiro atoms. The van der Waals surface area contributed by atoms with Gasteiger partial charge in [-0.15, -0.1) is 9.34 Å². The van der Waals surface area contributed by atoms with Gasteiger partial charge in [0.2, 0.25) is 7.94 Å². The first-order valence-electron chi connectivity index (χ1n) is 9.10. The van der Waals surface area contributed by atoms with E-state index in [2.05, 4.69) is 59.0 Å². The van der Waals surface area contributed by atoms with Crippen molar-refractivity contribution < 1.29 is 4.89 Å². The molecule has 2 atom stereocenters. The van der Waals surface area contributed by atoms with Crippen LogP contribution in [0.5, 0.6) is 0 Å². The Morgan fingerprint density at radius 2 is 1.56 bits per heavy atom. The molecule has 4 nitrogen and oxygen atoms in total. The molecule has 1 heterocycles. The molecule has 0 aliphatic carbocycles. The lowest BCUT2D eigenvalue weighted by Gasteiger charge is -2.46. The maximum absolute atomic E-state index is 14.4. The summed E-state index contributed by atoms with van der Waals surface area (Å²) in [6.45, 7) is 9.40. The molecule has 0 N–H and O–H groups in total. The summed E-state index contributed by atoms with van der Waals surface area (Å²) in [5, 5.41) is 0. The minimum Gasteiger partial charge on any atom is -0.631 e. The second kappa shape index (κ2) is 7.84. The largest absolute Gasteiger partial charge is 0.631 e. The van der Waals surface area contributed by atoms with Gasteiger partial charge in [0, 0.05) is 13.1 Å². The molecule has 2 aromatic carbocycles. The zero-order chi connectivity index (χ0) is 17.9. The second-order valence-electron chi connectivity index (χ2n) is 6.50.